The first-order valence-corrected chi connectivity index (χ1v) is 8.32. The van der Waals surface area contributed by atoms with Crippen LogP contribution in [0.5, 0.6) is 0 Å². The molecule has 1 aliphatic heterocycles. The van der Waals surface area contributed by atoms with Crippen LogP contribution >= 0.6 is 0 Å². The molecule has 1 fully saturated rings. The Balaban J connectivity index is 1.53. The maximum Gasteiger partial charge on any atom is 0.147 e. The minimum absolute atomic E-state index is 0.284. The Morgan fingerprint density at radius 2 is 2.04 bits per heavy atom. The van der Waals surface area contributed by atoms with Crippen LogP contribution in [-0.2, 0) is 0 Å². The van der Waals surface area contributed by atoms with Crippen molar-refractivity contribution in [3.63, 3.8) is 0 Å². The number of anilines is 3. The molecule has 4 heterocycles. The predicted octanol–water partition coefficient (Wildman–Crippen LogP) is 2.71. The van der Waals surface area contributed by atoms with Gasteiger partial charge in [-0.2, -0.15) is 0 Å². The average Bonchev–Trinajstić information content (AvgIpc) is 3.13. The average molecular weight is 333 g/mol. The fourth-order valence-corrected chi connectivity index (χ4v) is 3.04. The van der Waals surface area contributed by atoms with Crippen molar-refractivity contribution in [2.24, 2.45) is 0 Å². The molecule has 7 nitrogen and oxygen atoms in total. The van der Waals surface area contributed by atoms with Gasteiger partial charge in [-0.25, -0.2) is 19.9 Å². The number of nitrogens with one attached hydrogen (secondary N) is 1. The van der Waals surface area contributed by atoms with Crippen molar-refractivity contribution in [3.05, 3.63) is 60.6 Å². The number of hydrogen-bond donors (Lipinski definition) is 1. The van der Waals surface area contributed by atoms with E-state index in [4.69, 9.17) is 4.98 Å². The van der Waals surface area contributed by atoms with E-state index < -0.39 is 0 Å². The zero-order valence-corrected chi connectivity index (χ0v) is 14.0. The van der Waals surface area contributed by atoms with Crippen molar-refractivity contribution in [1.82, 2.24) is 24.9 Å². The van der Waals surface area contributed by atoms with E-state index in [9.17, 15) is 0 Å². The van der Waals surface area contributed by atoms with Crippen molar-refractivity contribution >= 4 is 17.5 Å². The fourth-order valence-electron chi connectivity index (χ4n) is 3.04. The summed E-state index contributed by atoms with van der Waals surface area (Å²) < 4.78 is 0. The van der Waals surface area contributed by atoms with E-state index in [0.717, 1.165) is 48.5 Å². The molecule has 0 aliphatic carbocycles. The van der Waals surface area contributed by atoms with Gasteiger partial charge in [0.1, 0.15) is 23.3 Å². The van der Waals surface area contributed by atoms with Crippen LogP contribution in [0.3, 0.4) is 0 Å². The fraction of sp³-hybridized carbons (Fsp3) is 0.278. The van der Waals surface area contributed by atoms with Crippen molar-refractivity contribution in [1.29, 1.82) is 0 Å². The van der Waals surface area contributed by atoms with E-state index in [0.29, 0.717) is 0 Å². The number of pyridine rings is 1. The van der Waals surface area contributed by atoms with E-state index >= 15 is 0 Å². The summed E-state index contributed by atoms with van der Waals surface area (Å²) in [7, 11) is 0. The minimum Gasteiger partial charge on any atom is -0.355 e. The van der Waals surface area contributed by atoms with Gasteiger partial charge in [0.05, 0.1) is 6.20 Å². The molecule has 0 aromatic carbocycles. The highest BCUT2D eigenvalue weighted by atomic mass is 15.2. The van der Waals surface area contributed by atoms with E-state index in [1.807, 2.05) is 31.2 Å². The molecular formula is C18H19N7. The van der Waals surface area contributed by atoms with Crippen molar-refractivity contribution in [3.8, 4) is 0 Å². The van der Waals surface area contributed by atoms with E-state index in [2.05, 4.69) is 30.2 Å². The van der Waals surface area contributed by atoms with Crippen LogP contribution in [0.2, 0.25) is 0 Å². The predicted molar refractivity (Wildman–Crippen MR) is 95.9 cm³/mol. The van der Waals surface area contributed by atoms with Crippen LogP contribution in [-0.4, -0.2) is 38.0 Å². The first kappa shape index (κ1) is 15.4. The minimum atomic E-state index is 0.284. The lowest BCUT2D eigenvalue weighted by Crippen LogP contribution is -2.21. The highest BCUT2D eigenvalue weighted by molar-refractivity contribution is 5.51. The van der Waals surface area contributed by atoms with E-state index in [-0.39, 0.29) is 5.92 Å². The first-order valence-electron chi connectivity index (χ1n) is 8.32. The third-order valence-electron chi connectivity index (χ3n) is 4.22. The van der Waals surface area contributed by atoms with Crippen LogP contribution in [0.15, 0.2) is 49.1 Å². The summed E-state index contributed by atoms with van der Waals surface area (Å²) in [5.74, 6) is 3.61. The summed E-state index contributed by atoms with van der Waals surface area (Å²) in [6.45, 7) is 3.78. The summed E-state index contributed by atoms with van der Waals surface area (Å²) >= 11 is 0. The summed E-state index contributed by atoms with van der Waals surface area (Å²) in [6.07, 6.45) is 7.97. The SMILES string of the molecule is Cc1cc(Nc2ccccn2)nc([C@@H]2CCN(c3cnccn3)C2)n1. The highest BCUT2D eigenvalue weighted by Crippen LogP contribution is 2.28. The molecule has 0 saturated carbocycles. The Labute approximate surface area is 146 Å². The smallest absolute Gasteiger partial charge is 0.147 e. The maximum absolute atomic E-state index is 4.71. The molecule has 1 saturated heterocycles. The normalized spacial score (nSPS) is 16.8. The summed E-state index contributed by atoms with van der Waals surface area (Å²) in [5, 5.41) is 3.25. The van der Waals surface area contributed by atoms with E-state index in [1.165, 1.54) is 0 Å². The molecule has 0 spiro atoms. The number of rotatable bonds is 4. The maximum atomic E-state index is 4.71. The van der Waals surface area contributed by atoms with Gasteiger partial charge in [-0.15, -0.1) is 0 Å². The van der Waals surface area contributed by atoms with Gasteiger partial charge in [-0.05, 0) is 25.5 Å². The number of aromatic nitrogens is 5. The summed E-state index contributed by atoms with van der Waals surface area (Å²) in [4.78, 5) is 24.4. The Morgan fingerprint density at radius 3 is 2.84 bits per heavy atom. The third kappa shape index (κ3) is 3.55. The second-order valence-corrected chi connectivity index (χ2v) is 6.09. The molecule has 3 aromatic heterocycles. The van der Waals surface area contributed by atoms with Crippen LogP contribution < -0.4 is 10.2 Å². The van der Waals surface area contributed by atoms with E-state index in [1.54, 1.807) is 24.8 Å². The Kier molecular flexibility index (Phi) is 4.20. The van der Waals surface area contributed by atoms with Gasteiger partial charge in [0.25, 0.3) is 0 Å². The zero-order chi connectivity index (χ0) is 17.1. The highest BCUT2D eigenvalue weighted by Gasteiger charge is 2.27. The summed E-state index contributed by atoms with van der Waals surface area (Å²) in [6, 6.07) is 7.69. The van der Waals surface area contributed by atoms with Crippen LogP contribution in [0.25, 0.3) is 0 Å². The molecule has 0 unspecified atom stereocenters. The Hall–Kier alpha value is -3.09. The largest absolute Gasteiger partial charge is 0.355 e. The number of nitrogens with zero attached hydrogens (tertiary/aromatic N) is 6. The van der Waals surface area contributed by atoms with Gasteiger partial charge < -0.3 is 10.2 Å². The molecule has 3 aromatic rings. The molecule has 1 N–H and O–H groups in total. The third-order valence-corrected chi connectivity index (χ3v) is 4.22. The number of aryl methyl sites for hydroxylation is 1. The van der Waals surface area contributed by atoms with Crippen LogP contribution in [0, 0.1) is 6.92 Å². The molecule has 4 rings (SSSR count). The molecule has 0 radical (unpaired) electrons. The Morgan fingerprint density at radius 1 is 1.08 bits per heavy atom. The van der Waals surface area contributed by atoms with Crippen molar-refractivity contribution in [2.75, 3.05) is 23.3 Å². The standard InChI is InChI=1S/C18H19N7/c1-13-10-16(23-15-4-2-3-6-20-15)24-18(22-13)14-5-9-25(12-14)17-11-19-7-8-21-17/h2-4,6-8,10-11,14H,5,9,12H2,1H3,(H,20,22,23,24)/t14-/m1/s1. The first-order chi connectivity index (χ1) is 12.3. The van der Waals surface area contributed by atoms with Crippen molar-refractivity contribution < 1.29 is 0 Å². The molecule has 7 heteroatoms. The van der Waals surface area contributed by atoms with Crippen molar-refractivity contribution in [2.45, 2.75) is 19.3 Å². The lowest BCUT2D eigenvalue weighted by molar-refractivity contribution is 0.705. The quantitative estimate of drug-likeness (QED) is 0.786. The zero-order valence-electron chi connectivity index (χ0n) is 14.0. The molecule has 25 heavy (non-hydrogen) atoms. The summed E-state index contributed by atoms with van der Waals surface area (Å²) in [5.41, 5.74) is 0.946. The van der Waals surface area contributed by atoms with Gasteiger partial charge in [0.2, 0.25) is 0 Å². The van der Waals surface area contributed by atoms with Crippen LogP contribution in [0.4, 0.5) is 17.5 Å². The molecule has 1 aliphatic rings. The van der Waals surface area contributed by atoms with Gasteiger partial charge in [0, 0.05) is 49.4 Å². The number of hydrogen-bond acceptors (Lipinski definition) is 7. The van der Waals surface area contributed by atoms with Gasteiger partial charge >= 0.3 is 0 Å². The molecule has 0 amide bonds. The monoisotopic (exact) mass is 333 g/mol. The topological polar surface area (TPSA) is 79.7 Å². The van der Waals surface area contributed by atoms with Gasteiger partial charge in [-0.1, -0.05) is 6.07 Å². The lowest BCUT2D eigenvalue weighted by Gasteiger charge is -2.16. The van der Waals surface area contributed by atoms with Gasteiger partial charge in [-0.3, -0.25) is 4.98 Å². The second kappa shape index (κ2) is 6.80. The second-order valence-electron chi connectivity index (χ2n) is 6.09. The molecular weight excluding hydrogens is 314 g/mol. The molecule has 1 atom stereocenters. The lowest BCUT2D eigenvalue weighted by atomic mass is 10.1. The van der Waals surface area contributed by atoms with Crippen LogP contribution in [0.1, 0.15) is 23.9 Å². The molecule has 0 bridgehead atoms. The van der Waals surface area contributed by atoms with Gasteiger partial charge in [0.15, 0.2) is 0 Å². The Bertz CT molecular complexity index is 839. The molecule has 126 valence electrons.